The van der Waals surface area contributed by atoms with Gasteiger partial charge >= 0.3 is 0 Å². The van der Waals surface area contributed by atoms with Crippen LogP contribution in [0.3, 0.4) is 0 Å². The minimum Gasteiger partial charge on any atom is -0.497 e. The Labute approximate surface area is 98.7 Å². The normalized spacial score (nSPS) is 11.3. The maximum atomic E-state index is 6.07. The van der Waals surface area contributed by atoms with E-state index in [2.05, 4.69) is 15.9 Å². The first kappa shape index (κ1) is 12.3. The summed E-state index contributed by atoms with van der Waals surface area (Å²) in [6.45, 7) is 3.87. The van der Waals surface area contributed by atoms with Crippen molar-refractivity contribution in [3.8, 4) is 11.5 Å². The van der Waals surface area contributed by atoms with E-state index in [1.165, 1.54) is 0 Å². The van der Waals surface area contributed by atoms with Crippen molar-refractivity contribution in [2.75, 3.05) is 14.2 Å². The van der Waals surface area contributed by atoms with Crippen LogP contribution in [0.15, 0.2) is 16.6 Å². The van der Waals surface area contributed by atoms with Crippen LogP contribution in [-0.2, 0) is 5.54 Å². The Morgan fingerprint density at radius 3 is 2.20 bits per heavy atom. The molecule has 0 aromatic heterocycles. The highest BCUT2D eigenvalue weighted by molar-refractivity contribution is 9.10. The number of rotatable bonds is 3. The fourth-order valence-corrected chi connectivity index (χ4v) is 2.39. The van der Waals surface area contributed by atoms with Gasteiger partial charge in [-0.25, -0.2) is 0 Å². The number of ether oxygens (including phenoxy) is 2. The molecule has 0 unspecified atom stereocenters. The van der Waals surface area contributed by atoms with Crippen molar-refractivity contribution in [3.63, 3.8) is 0 Å². The summed E-state index contributed by atoms with van der Waals surface area (Å²) >= 11 is 3.48. The molecule has 0 aliphatic heterocycles. The Kier molecular flexibility index (Phi) is 3.62. The van der Waals surface area contributed by atoms with Crippen LogP contribution < -0.4 is 15.2 Å². The molecule has 0 bridgehead atoms. The lowest BCUT2D eigenvalue weighted by molar-refractivity contribution is 0.379. The predicted octanol–water partition coefficient (Wildman–Crippen LogP) is 2.66. The Morgan fingerprint density at radius 2 is 1.80 bits per heavy atom. The zero-order chi connectivity index (χ0) is 11.6. The first-order chi connectivity index (χ1) is 6.90. The van der Waals surface area contributed by atoms with Gasteiger partial charge in [0.1, 0.15) is 11.5 Å². The molecule has 0 aliphatic carbocycles. The maximum Gasteiger partial charge on any atom is 0.128 e. The lowest BCUT2D eigenvalue weighted by atomic mass is 9.94. The van der Waals surface area contributed by atoms with Gasteiger partial charge in [-0.05, 0) is 19.9 Å². The monoisotopic (exact) mass is 273 g/mol. The molecule has 0 saturated carbocycles. The van der Waals surface area contributed by atoms with Gasteiger partial charge in [0.05, 0.1) is 14.2 Å². The molecule has 1 aromatic rings. The van der Waals surface area contributed by atoms with Crippen LogP contribution in [0.5, 0.6) is 11.5 Å². The van der Waals surface area contributed by atoms with Gasteiger partial charge in [-0.1, -0.05) is 15.9 Å². The molecule has 0 amide bonds. The van der Waals surface area contributed by atoms with E-state index in [1.54, 1.807) is 14.2 Å². The number of halogens is 1. The van der Waals surface area contributed by atoms with Crippen LogP contribution >= 0.6 is 15.9 Å². The SMILES string of the molecule is COc1cc(Br)c(C(C)(C)N)c(OC)c1. The molecule has 1 aromatic carbocycles. The number of nitrogens with two attached hydrogens (primary N) is 1. The van der Waals surface area contributed by atoms with E-state index >= 15 is 0 Å². The Balaban J connectivity index is 3.38. The molecule has 0 heterocycles. The van der Waals surface area contributed by atoms with Crippen LogP contribution in [0.4, 0.5) is 0 Å². The van der Waals surface area contributed by atoms with Crippen molar-refractivity contribution in [3.05, 3.63) is 22.2 Å². The van der Waals surface area contributed by atoms with Gasteiger partial charge in [-0.15, -0.1) is 0 Å². The van der Waals surface area contributed by atoms with Crippen molar-refractivity contribution < 1.29 is 9.47 Å². The van der Waals surface area contributed by atoms with Crippen molar-refractivity contribution >= 4 is 15.9 Å². The quantitative estimate of drug-likeness (QED) is 0.921. The topological polar surface area (TPSA) is 44.5 Å². The van der Waals surface area contributed by atoms with E-state index in [9.17, 15) is 0 Å². The van der Waals surface area contributed by atoms with E-state index in [1.807, 2.05) is 26.0 Å². The standard InChI is InChI=1S/C11H16BrNO2/c1-11(2,13)10-8(12)5-7(14-3)6-9(10)15-4/h5-6H,13H2,1-4H3. The summed E-state index contributed by atoms with van der Waals surface area (Å²) in [5.74, 6) is 1.47. The highest BCUT2D eigenvalue weighted by Crippen LogP contribution is 2.37. The molecular weight excluding hydrogens is 258 g/mol. The Bertz CT molecular complexity index is 358. The van der Waals surface area contributed by atoms with E-state index in [-0.39, 0.29) is 0 Å². The zero-order valence-corrected chi connectivity index (χ0v) is 11.0. The minimum atomic E-state index is -0.462. The molecule has 0 atom stereocenters. The lowest BCUT2D eigenvalue weighted by Crippen LogP contribution is -2.29. The molecule has 0 radical (unpaired) electrons. The van der Waals surface area contributed by atoms with Gasteiger partial charge in [0.15, 0.2) is 0 Å². The zero-order valence-electron chi connectivity index (χ0n) is 9.43. The summed E-state index contributed by atoms with van der Waals surface area (Å²) in [6.07, 6.45) is 0. The number of hydrogen-bond donors (Lipinski definition) is 1. The molecule has 4 heteroatoms. The summed E-state index contributed by atoms with van der Waals surface area (Å²) in [5, 5.41) is 0. The molecule has 0 fully saturated rings. The molecule has 2 N–H and O–H groups in total. The number of methoxy groups -OCH3 is 2. The fraction of sp³-hybridized carbons (Fsp3) is 0.455. The maximum absolute atomic E-state index is 6.07. The van der Waals surface area contributed by atoms with Gasteiger partial charge in [0, 0.05) is 21.6 Å². The highest BCUT2D eigenvalue weighted by atomic mass is 79.9. The molecule has 0 aliphatic rings. The van der Waals surface area contributed by atoms with Crippen LogP contribution in [0, 0.1) is 0 Å². The van der Waals surface area contributed by atoms with E-state index in [4.69, 9.17) is 15.2 Å². The van der Waals surface area contributed by atoms with Gasteiger partial charge < -0.3 is 15.2 Å². The van der Waals surface area contributed by atoms with Crippen LogP contribution in [0.2, 0.25) is 0 Å². The first-order valence-electron chi connectivity index (χ1n) is 4.61. The summed E-state index contributed by atoms with van der Waals surface area (Å²) in [7, 11) is 3.24. The van der Waals surface area contributed by atoms with E-state index < -0.39 is 5.54 Å². The van der Waals surface area contributed by atoms with Gasteiger partial charge in [-0.3, -0.25) is 0 Å². The fourth-order valence-electron chi connectivity index (χ4n) is 1.46. The number of hydrogen-bond acceptors (Lipinski definition) is 3. The lowest BCUT2D eigenvalue weighted by Gasteiger charge is -2.24. The van der Waals surface area contributed by atoms with Crippen molar-refractivity contribution in [1.82, 2.24) is 0 Å². The average Bonchev–Trinajstić information content (AvgIpc) is 2.14. The largest absolute Gasteiger partial charge is 0.497 e. The molecule has 0 spiro atoms. The summed E-state index contributed by atoms with van der Waals surface area (Å²) in [5.41, 5.74) is 6.55. The van der Waals surface area contributed by atoms with Gasteiger partial charge in [-0.2, -0.15) is 0 Å². The van der Waals surface area contributed by atoms with E-state index in [0.717, 1.165) is 21.5 Å². The third kappa shape index (κ3) is 2.63. The molecule has 15 heavy (non-hydrogen) atoms. The Hall–Kier alpha value is -0.740. The molecule has 84 valence electrons. The molecule has 0 saturated heterocycles. The van der Waals surface area contributed by atoms with E-state index in [0.29, 0.717) is 0 Å². The van der Waals surface area contributed by atoms with Crippen molar-refractivity contribution in [1.29, 1.82) is 0 Å². The van der Waals surface area contributed by atoms with Crippen molar-refractivity contribution in [2.24, 2.45) is 5.73 Å². The summed E-state index contributed by atoms with van der Waals surface area (Å²) in [4.78, 5) is 0. The van der Waals surface area contributed by atoms with Crippen LogP contribution in [0.25, 0.3) is 0 Å². The van der Waals surface area contributed by atoms with Crippen LogP contribution in [-0.4, -0.2) is 14.2 Å². The second-order valence-corrected chi connectivity index (χ2v) is 4.76. The van der Waals surface area contributed by atoms with Gasteiger partial charge in [0.2, 0.25) is 0 Å². The predicted molar refractivity (Wildman–Crippen MR) is 64.5 cm³/mol. The minimum absolute atomic E-state index is 0.462. The van der Waals surface area contributed by atoms with Gasteiger partial charge in [0.25, 0.3) is 0 Å². The molecule has 3 nitrogen and oxygen atoms in total. The first-order valence-corrected chi connectivity index (χ1v) is 5.40. The Morgan fingerprint density at radius 1 is 1.20 bits per heavy atom. The third-order valence-corrected chi connectivity index (χ3v) is 2.75. The highest BCUT2D eigenvalue weighted by Gasteiger charge is 2.23. The van der Waals surface area contributed by atoms with Crippen LogP contribution in [0.1, 0.15) is 19.4 Å². The second kappa shape index (κ2) is 4.41. The molecule has 1 rings (SSSR count). The smallest absolute Gasteiger partial charge is 0.128 e. The second-order valence-electron chi connectivity index (χ2n) is 3.91. The van der Waals surface area contributed by atoms with Crippen molar-refractivity contribution in [2.45, 2.75) is 19.4 Å². The summed E-state index contributed by atoms with van der Waals surface area (Å²) < 4.78 is 11.4. The molecular formula is C11H16BrNO2. The third-order valence-electron chi connectivity index (χ3n) is 2.13. The number of benzene rings is 1. The summed E-state index contributed by atoms with van der Waals surface area (Å²) in [6, 6.07) is 3.71. The average molecular weight is 274 g/mol.